The lowest BCUT2D eigenvalue weighted by molar-refractivity contribution is 0.0116. The molecule has 1 spiro atoms. The molecule has 0 radical (unpaired) electrons. The second kappa shape index (κ2) is 2.47. The summed E-state index contributed by atoms with van der Waals surface area (Å²) in [5.41, 5.74) is 1.08. The van der Waals surface area contributed by atoms with Crippen LogP contribution in [0.5, 0.6) is 0 Å². The van der Waals surface area contributed by atoms with Gasteiger partial charge in [0.1, 0.15) is 0 Å². The van der Waals surface area contributed by atoms with Crippen LogP contribution in [0.25, 0.3) is 0 Å². The van der Waals surface area contributed by atoms with E-state index in [4.69, 9.17) is 0 Å². The first-order valence-corrected chi connectivity index (χ1v) is 5.30. The fourth-order valence-electron chi connectivity index (χ4n) is 3.24. The maximum atomic E-state index is 3.73. The van der Waals surface area contributed by atoms with Crippen LogP contribution in [-0.4, -0.2) is 12.1 Å². The van der Waals surface area contributed by atoms with Crippen molar-refractivity contribution in [2.45, 2.75) is 52.0 Å². The third-order valence-corrected chi connectivity index (χ3v) is 3.87. The molecule has 2 atom stereocenters. The average molecular weight is 167 g/mol. The Morgan fingerprint density at radius 3 is 2.33 bits per heavy atom. The minimum atomic E-state index is 0.510. The van der Waals surface area contributed by atoms with Crippen molar-refractivity contribution in [3.05, 3.63) is 0 Å². The molecule has 1 saturated heterocycles. The van der Waals surface area contributed by atoms with Crippen molar-refractivity contribution < 1.29 is 0 Å². The summed E-state index contributed by atoms with van der Waals surface area (Å²) < 4.78 is 0. The van der Waals surface area contributed by atoms with Crippen LogP contribution in [0.4, 0.5) is 0 Å². The second-order valence-corrected chi connectivity index (χ2v) is 5.64. The van der Waals surface area contributed by atoms with Crippen LogP contribution >= 0.6 is 0 Å². The Hall–Kier alpha value is -0.0400. The first kappa shape index (κ1) is 8.55. The molecular weight excluding hydrogens is 146 g/mol. The summed E-state index contributed by atoms with van der Waals surface area (Å²) >= 11 is 0. The first-order chi connectivity index (χ1) is 5.55. The molecule has 0 aromatic heterocycles. The fourth-order valence-corrected chi connectivity index (χ4v) is 3.24. The zero-order valence-corrected chi connectivity index (χ0v) is 8.61. The highest BCUT2D eigenvalue weighted by atomic mass is 15.0. The van der Waals surface area contributed by atoms with Crippen molar-refractivity contribution in [3.8, 4) is 0 Å². The lowest BCUT2D eigenvalue weighted by Gasteiger charge is -2.54. The van der Waals surface area contributed by atoms with Gasteiger partial charge in [0, 0.05) is 5.54 Å². The topological polar surface area (TPSA) is 12.0 Å². The van der Waals surface area contributed by atoms with E-state index in [0.717, 1.165) is 5.92 Å². The van der Waals surface area contributed by atoms with Gasteiger partial charge in [-0.25, -0.2) is 0 Å². The summed E-state index contributed by atoms with van der Waals surface area (Å²) in [6, 6.07) is 0. The average Bonchev–Trinajstić information content (AvgIpc) is 2.28. The Kier molecular flexibility index (Phi) is 1.76. The van der Waals surface area contributed by atoms with Crippen LogP contribution < -0.4 is 5.32 Å². The van der Waals surface area contributed by atoms with Crippen LogP contribution in [0.15, 0.2) is 0 Å². The smallest absolute Gasteiger partial charge is 0.0215 e. The van der Waals surface area contributed by atoms with E-state index in [-0.39, 0.29) is 0 Å². The largest absolute Gasteiger partial charge is 0.311 e. The molecule has 1 N–H and O–H groups in total. The molecule has 2 rings (SSSR count). The Balaban J connectivity index is 2.09. The lowest BCUT2D eigenvalue weighted by Crippen LogP contribution is -2.58. The molecule has 12 heavy (non-hydrogen) atoms. The van der Waals surface area contributed by atoms with Crippen molar-refractivity contribution in [1.82, 2.24) is 5.32 Å². The van der Waals surface area contributed by atoms with Crippen molar-refractivity contribution in [1.29, 1.82) is 0 Å². The molecule has 1 nitrogen and oxygen atoms in total. The minimum absolute atomic E-state index is 0.510. The third-order valence-electron chi connectivity index (χ3n) is 3.87. The van der Waals surface area contributed by atoms with E-state index in [0.29, 0.717) is 11.0 Å². The maximum absolute atomic E-state index is 3.73. The van der Waals surface area contributed by atoms with Crippen molar-refractivity contribution >= 4 is 0 Å². The monoisotopic (exact) mass is 167 g/mol. The van der Waals surface area contributed by atoms with E-state index in [1.165, 1.54) is 32.2 Å². The summed E-state index contributed by atoms with van der Waals surface area (Å²) in [6.45, 7) is 8.42. The molecule has 1 heteroatoms. The van der Waals surface area contributed by atoms with E-state index in [2.05, 4.69) is 26.1 Å². The predicted molar refractivity (Wildman–Crippen MR) is 52.1 cm³/mol. The van der Waals surface area contributed by atoms with Gasteiger partial charge in [-0.2, -0.15) is 0 Å². The summed E-state index contributed by atoms with van der Waals surface area (Å²) in [4.78, 5) is 0. The Morgan fingerprint density at radius 2 is 2.00 bits per heavy atom. The molecule has 70 valence electrons. The number of rotatable bonds is 0. The van der Waals surface area contributed by atoms with Crippen LogP contribution in [-0.2, 0) is 0 Å². The summed E-state index contributed by atoms with van der Waals surface area (Å²) in [5.74, 6) is 0.924. The molecule has 2 aliphatic rings. The highest BCUT2D eigenvalue weighted by Crippen LogP contribution is 2.52. The predicted octanol–water partition coefficient (Wildman–Crippen LogP) is 2.56. The SMILES string of the molecule is CC(C)(C)C1CCC12CCCN2. The van der Waals surface area contributed by atoms with Crippen molar-refractivity contribution in [2.75, 3.05) is 6.54 Å². The Labute approximate surface area is 75.9 Å². The maximum Gasteiger partial charge on any atom is 0.0215 e. The molecule has 1 aliphatic heterocycles. The molecular formula is C11H21N. The van der Waals surface area contributed by atoms with Crippen LogP contribution in [0.2, 0.25) is 0 Å². The molecule has 2 fully saturated rings. The number of hydrogen-bond acceptors (Lipinski definition) is 1. The lowest BCUT2D eigenvalue weighted by atomic mass is 9.56. The van der Waals surface area contributed by atoms with Gasteiger partial charge in [-0.1, -0.05) is 20.8 Å². The van der Waals surface area contributed by atoms with Gasteiger partial charge in [-0.05, 0) is 43.6 Å². The molecule has 0 amide bonds. The van der Waals surface area contributed by atoms with Gasteiger partial charge in [0.15, 0.2) is 0 Å². The van der Waals surface area contributed by atoms with Gasteiger partial charge in [0.05, 0.1) is 0 Å². The van der Waals surface area contributed by atoms with Gasteiger partial charge in [-0.15, -0.1) is 0 Å². The van der Waals surface area contributed by atoms with E-state index >= 15 is 0 Å². The first-order valence-electron chi connectivity index (χ1n) is 5.30. The Morgan fingerprint density at radius 1 is 1.25 bits per heavy atom. The zero-order valence-electron chi connectivity index (χ0n) is 8.61. The van der Waals surface area contributed by atoms with Crippen molar-refractivity contribution in [3.63, 3.8) is 0 Å². The molecule has 1 saturated carbocycles. The summed E-state index contributed by atoms with van der Waals surface area (Å²) in [7, 11) is 0. The quantitative estimate of drug-likeness (QED) is 0.584. The third kappa shape index (κ3) is 1.10. The summed E-state index contributed by atoms with van der Waals surface area (Å²) in [6.07, 6.45) is 5.69. The number of nitrogens with one attached hydrogen (secondary N) is 1. The molecule has 1 aliphatic carbocycles. The molecule has 0 aromatic rings. The van der Waals surface area contributed by atoms with E-state index in [1.54, 1.807) is 0 Å². The van der Waals surface area contributed by atoms with Crippen LogP contribution in [0.3, 0.4) is 0 Å². The molecule has 0 aromatic carbocycles. The van der Waals surface area contributed by atoms with E-state index in [1.807, 2.05) is 0 Å². The molecule has 2 unspecified atom stereocenters. The second-order valence-electron chi connectivity index (χ2n) is 5.64. The van der Waals surface area contributed by atoms with Crippen molar-refractivity contribution in [2.24, 2.45) is 11.3 Å². The minimum Gasteiger partial charge on any atom is -0.311 e. The number of hydrogen-bond donors (Lipinski definition) is 1. The van der Waals surface area contributed by atoms with E-state index < -0.39 is 0 Å². The van der Waals surface area contributed by atoms with Gasteiger partial charge in [0.25, 0.3) is 0 Å². The van der Waals surface area contributed by atoms with Gasteiger partial charge in [0.2, 0.25) is 0 Å². The fraction of sp³-hybridized carbons (Fsp3) is 1.00. The van der Waals surface area contributed by atoms with Gasteiger partial charge in [-0.3, -0.25) is 0 Å². The molecule has 0 bridgehead atoms. The van der Waals surface area contributed by atoms with Crippen LogP contribution in [0.1, 0.15) is 46.5 Å². The standard InChI is InChI=1S/C11H21N/c1-10(2,3)9-5-7-11(9)6-4-8-12-11/h9,12H,4-8H2,1-3H3. The van der Waals surface area contributed by atoms with E-state index in [9.17, 15) is 0 Å². The van der Waals surface area contributed by atoms with Gasteiger partial charge < -0.3 is 5.32 Å². The highest BCUT2D eigenvalue weighted by molar-refractivity contribution is 5.09. The molecule has 1 heterocycles. The Bertz CT molecular complexity index is 172. The zero-order chi connectivity index (χ0) is 8.82. The summed E-state index contributed by atoms with van der Waals surface area (Å²) in [5, 5.41) is 3.73. The van der Waals surface area contributed by atoms with Crippen LogP contribution in [0, 0.1) is 11.3 Å². The highest BCUT2D eigenvalue weighted by Gasteiger charge is 2.52. The van der Waals surface area contributed by atoms with Gasteiger partial charge >= 0.3 is 0 Å². The normalized spacial score (nSPS) is 41.8.